The number of hydrogen-bond acceptors (Lipinski definition) is 2. The van der Waals surface area contributed by atoms with Crippen molar-refractivity contribution in [2.24, 2.45) is 0 Å². The molecule has 1 aromatic carbocycles. The number of carbonyl (C=O) groups is 1. The molecule has 1 aromatic rings. The van der Waals surface area contributed by atoms with Crippen molar-refractivity contribution in [2.45, 2.75) is 5.33 Å². The van der Waals surface area contributed by atoms with Gasteiger partial charge in [-0.25, -0.2) is 0 Å². The minimum atomic E-state index is -0.0161. The molecule has 0 atom stereocenters. The molecule has 0 fully saturated rings. The van der Waals surface area contributed by atoms with Gasteiger partial charge in [-0.3, -0.25) is 0 Å². The van der Waals surface area contributed by atoms with E-state index >= 15 is 0 Å². The van der Waals surface area contributed by atoms with Gasteiger partial charge in [-0.05, 0) is 11.6 Å². The number of alkyl halides is 1. The van der Waals surface area contributed by atoms with Crippen LogP contribution in [0.5, 0.6) is 0 Å². The van der Waals surface area contributed by atoms with Crippen LogP contribution >= 0.6 is 15.9 Å². The normalized spacial score (nSPS) is 9.23. The van der Waals surface area contributed by atoms with Crippen LogP contribution in [0, 0.1) is 11.3 Å². The van der Waals surface area contributed by atoms with E-state index in [1.807, 2.05) is 0 Å². The van der Waals surface area contributed by atoms with Crippen LogP contribution in [0.2, 0.25) is 0 Å². The zero-order chi connectivity index (χ0) is 9.84. The summed E-state index contributed by atoms with van der Waals surface area (Å²) in [5, 5.41) is 9.41. The van der Waals surface area contributed by atoms with Crippen molar-refractivity contribution in [1.82, 2.24) is 0 Å². The van der Waals surface area contributed by atoms with Gasteiger partial charge in [0.05, 0.1) is 11.6 Å². The highest BCUT2D eigenvalue weighted by Gasteiger charge is 2.04. The third-order valence-electron chi connectivity index (χ3n) is 1.78. The van der Waals surface area contributed by atoms with Gasteiger partial charge >= 0.3 is 0 Å². The lowest BCUT2D eigenvalue weighted by Crippen LogP contribution is -1.99. The molecule has 0 amide bonds. The van der Waals surface area contributed by atoms with Gasteiger partial charge in [-0.2, -0.15) is 5.26 Å². The fourth-order valence-corrected chi connectivity index (χ4v) is 1.51. The fourth-order valence-electron chi connectivity index (χ4n) is 1.02. The van der Waals surface area contributed by atoms with Crippen molar-refractivity contribution < 1.29 is 4.79 Å². The van der Waals surface area contributed by atoms with Gasteiger partial charge in [0.15, 0.2) is 7.85 Å². The molecule has 0 aromatic heterocycles. The quantitative estimate of drug-likeness (QED) is 0.572. The zero-order valence-electron chi connectivity index (χ0n) is 7.17. The second-order valence-corrected chi connectivity index (χ2v) is 3.23. The molecule has 0 heterocycles. The number of carbonyl (C=O) groups excluding carboxylic acids is 1. The molecule has 0 bridgehead atoms. The maximum atomic E-state index is 11.0. The summed E-state index contributed by atoms with van der Waals surface area (Å²) >= 11 is 3.27. The SMILES string of the molecule is BC(=O)c1ccc(CBr)c(C#N)c1. The van der Waals surface area contributed by atoms with Crippen LogP contribution in [-0.4, -0.2) is 13.5 Å². The van der Waals surface area contributed by atoms with Gasteiger partial charge < -0.3 is 4.79 Å². The van der Waals surface area contributed by atoms with Crippen molar-refractivity contribution in [2.75, 3.05) is 0 Å². The number of halogens is 1. The molecule has 0 aliphatic rings. The lowest BCUT2D eigenvalue weighted by Gasteiger charge is -2.01. The Morgan fingerprint density at radius 3 is 2.77 bits per heavy atom. The molecule has 4 heteroatoms. The number of hydrogen-bond donors (Lipinski definition) is 0. The Labute approximate surface area is 86.1 Å². The number of benzene rings is 1. The third-order valence-corrected chi connectivity index (χ3v) is 2.38. The Kier molecular flexibility index (Phi) is 3.27. The van der Waals surface area contributed by atoms with E-state index in [2.05, 4.69) is 22.0 Å². The lowest BCUT2D eigenvalue weighted by molar-refractivity contribution is 0.108. The highest BCUT2D eigenvalue weighted by molar-refractivity contribution is 9.08. The summed E-state index contributed by atoms with van der Waals surface area (Å²) in [4.78, 5) is 11.0. The maximum Gasteiger partial charge on any atom is 0.193 e. The van der Waals surface area contributed by atoms with E-state index in [0.29, 0.717) is 16.5 Å². The van der Waals surface area contributed by atoms with Gasteiger partial charge in [-0.1, -0.05) is 28.1 Å². The largest absolute Gasteiger partial charge is 0.307 e. The van der Waals surface area contributed by atoms with Gasteiger partial charge in [0, 0.05) is 10.9 Å². The topological polar surface area (TPSA) is 40.9 Å². The summed E-state index contributed by atoms with van der Waals surface area (Å²) < 4.78 is 0. The molecule has 0 aliphatic carbocycles. The molecule has 1 rings (SSSR count). The Hall–Kier alpha value is -1.08. The summed E-state index contributed by atoms with van der Waals surface area (Å²) in [7, 11) is 1.49. The van der Waals surface area contributed by atoms with Crippen LogP contribution in [0.25, 0.3) is 0 Å². The second kappa shape index (κ2) is 4.24. The van der Waals surface area contributed by atoms with Crippen molar-refractivity contribution in [3.8, 4) is 6.07 Å². The van der Waals surface area contributed by atoms with Gasteiger partial charge in [0.2, 0.25) is 0 Å². The Balaban J connectivity index is 3.23. The number of nitrogens with zero attached hydrogens (tertiary/aromatic N) is 1. The first kappa shape index (κ1) is 10.0. The lowest BCUT2D eigenvalue weighted by atomic mass is 9.92. The van der Waals surface area contributed by atoms with E-state index in [1.54, 1.807) is 18.2 Å². The average Bonchev–Trinajstić information content (AvgIpc) is 2.16. The minimum absolute atomic E-state index is 0.0161. The second-order valence-electron chi connectivity index (χ2n) is 2.67. The van der Waals surface area contributed by atoms with Crippen molar-refractivity contribution in [3.63, 3.8) is 0 Å². The molecule has 0 saturated heterocycles. The van der Waals surface area contributed by atoms with E-state index < -0.39 is 0 Å². The predicted molar refractivity (Wildman–Crippen MR) is 56.7 cm³/mol. The van der Waals surface area contributed by atoms with Gasteiger partial charge in [-0.15, -0.1) is 0 Å². The van der Waals surface area contributed by atoms with Crippen LogP contribution < -0.4 is 0 Å². The van der Waals surface area contributed by atoms with Crippen LogP contribution in [0.15, 0.2) is 18.2 Å². The smallest absolute Gasteiger partial charge is 0.193 e. The minimum Gasteiger partial charge on any atom is -0.307 e. The summed E-state index contributed by atoms with van der Waals surface area (Å²) in [6, 6.07) is 7.22. The third kappa shape index (κ3) is 2.19. The summed E-state index contributed by atoms with van der Waals surface area (Å²) in [6.45, 7) is 0. The molecule has 0 saturated carbocycles. The highest BCUT2D eigenvalue weighted by atomic mass is 79.9. The average molecular weight is 236 g/mol. The molecule has 0 N–H and O–H groups in total. The van der Waals surface area contributed by atoms with Crippen LogP contribution in [0.4, 0.5) is 0 Å². The summed E-state index contributed by atoms with van der Waals surface area (Å²) in [6.07, 6.45) is 0. The van der Waals surface area contributed by atoms with E-state index in [4.69, 9.17) is 5.26 Å². The first-order valence-electron chi connectivity index (χ1n) is 3.79. The molecule has 0 spiro atoms. The van der Waals surface area contributed by atoms with Crippen LogP contribution in [0.1, 0.15) is 21.5 Å². The van der Waals surface area contributed by atoms with E-state index in [0.717, 1.165) is 5.56 Å². The molecule has 64 valence electrons. The Morgan fingerprint density at radius 1 is 1.62 bits per heavy atom. The van der Waals surface area contributed by atoms with E-state index in [-0.39, 0.29) is 5.68 Å². The van der Waals surface area contributed by atoms with Gasteiger partial charge in [0.25, 0.3) is 0 Å². The molecule has 0 unspecified atom stereocenters. The molecule has 0 aliphatic heterocycles. The first-order valence-corrected chi connectivity index (χ1v) is 4.91. The fraction of sp³-hybridized carbons (Fsp3) is 0.111. The van der Waals surface area contributed by atoms with Crippen LogP contribution in [-0.2, 0) is 5.33 Å². The zero-order valence-corrected chi connectivity index (χ0v) is 8.76. The van der Waals surface area contributed by atoms with E-state index in [1.165, 1.54) is 7.85 Å². The van der Waals surface area contributed by atoms with E-state index in [9.17, 15) is 4.79 Å². The Bertz CT molecular complexity index is 384. The molecule has 0 radical (unpaired) electrons. The highest BCUT2D eigenvalue weighted by Crippen LogP contribution is 2.14. The summed E-state index contributed by atoms with van der Waals surface area (Å²) in [5.74, 6) is 0. The maximum absolute atomic E-state index is 11.0. The van der Waals surface area contributed by atoms with Crippen LogP contribution in [0.3, 0.4) is 0 Å². The standard InChI is InChI=1S/C9H7BBrNO/c10-9(13)6-1-2-7(4-11)8(3-6)5-12/h1-3H,4,10H2. The van der Waals surface area contributed by atoms with Gasteiger partial charge in [0.1, 0.15) is 5.68 Å². The predicted octanol–water partition coefficient (Wildman–Crippen LogP) is 1.23. The molecular weight excluding hydrogens is 229 g/mol. The van der Waals surface area contributed by atoms with Crippen molar-refractivity contribution in [3.05, 3.63) is 34.9 Å². The molecule has 13 heavy (non-hydrogen) atoms. The monoisotopic (exact) mass is 235 g/mol. The Morgan fingerprint density at radius 2 is 2.31 bits per heavy atom. The van der Waals surface area contributed by atoms with Crippen molar-refractivity contribution >= 4 is 29.5 Å². The summed E-state index contributed by atoms with van der Waals surface area (Å²) in [5.41, 5.74) is 2.04. The number of nitriles is 1. The number of rotatable bonds is 2. The first-order chi connectivity index (χ1) is 6.19. The van der Waals surface area contributed by atoms with Crippen molar-refractivity contribution in [1.29, 1.82) is 5.26 Å². The molecular formula is C9H7BBrNO. The molecule has 2 nitrogen and oxygen atoms in total.